The normalized spacial score (nSPS) is 12.5. The van der Waals surface area contributed by atoms with Crippen LogP contribution in [0.25, 0.3) is 0 Å². The second-order valence-electron chi connectivity index (χ2n) is 6.17. The first-order valence-electron chi connectivity index (χ1n) is 9.47. The average molecular weight is 354 g/mol. The number of aromatic nitrogens is 1. The van der Waals surface area contributed by atoms with E-state index in [0.29, 0.717) is 6.54 Å². The summed E-state index contributed by atoms with van der Waals surface area (Å²) in [5.41, 5.74) is 2.34. The van der Waals surface area contributed by atoms with Crippen molar-refractivity contribution in [2.45, 2.75) is 40.3 Å². The predicted molar refractivity (Wildman–Crippen MR) is 111 cm³/mol. The van der Waals surface area contributed by atoms with Gasteiger partial charge in [0, 0.05) is 25.8 Å². The number of nitrogens with zero attached hydrogens (tertiary/aromatic N) is 3. The molecule has 1 heterocycles. The van der Waals surface area contributed by atoms with Crippen LogP contribution in [0.2, 0.25) is 0 Å². The molecule has 0 fully saturated rings. The number of rotatable bonds is 8. The van der Waals surface area contributed by atoms with E-state index in [9.17, 15) is 0 Å². The maximum Gasteiger partial charge on any atom is 0.192 e. The Bertz CT molecular complexity index is 663. The molecular weight excluding hydrogens is 322 g/mol. The van der Waals surface area contributed by atoms with Crippen LogP contribution in [0.1, 0.15) is 44.9 Å². The molecule has 0 aliphatic rings. The molecule has 0 bridgehead atoms. The number of nitrogens with one attached hydrogen (secondary N) is 2. The van der Waals surface area contributed by atoms with E-state index >= 15 is 0 Å². The summed E-state index contributed by atoms with van der Waals surface area (Å²) in [5, 5.41) is 6.77. The SMILES string of the molecule is CCNC(=NCc1ccc(N(CC)CC)nc1)NC(C)c1ccccc1. The minimum atomic E-state index is 0.192. The Morgan fingerprint density at radius 3 is 2.38 bits per heavy atom. The Balaban J connectivity index is 2.02. The molecule has 0 radical (unpaired) electrons. The van der Waals surface area contributed by atoms with Gasteiger partial charge >= 0.3 is 0 Å². The first-order chi connectivity index (χ1) is 12.7. The van der Waals surface area contributed by atoms with Gasteiger partial charge in [0.2, 0.25) is 0 Å². The number of aliphatic imine (C=N–C) groups is 1. The lowest BCUT2D eigenvalue weighted by atomic mass is 10.1. The maximum atomic E-state index is 4.70. The van der Waals surface area contributed by atoms with Gasteiger partial charge in [0.1, 0.15) is 5.82 Å². The summed E-state index contributed by atoms with van der Waals surface area (Å²) in [6.07, 6.45) is 1.92. The zero-order chi connectivity index (χ0) is 18.8. The van der Waals surface area contributed by atoms with Gasteiger partial charge in [0.15, 0.2) is 5.96 Å². The highest BCUT2D eigenvalue weighted by Crippen LogP contribution is 2.12. The number of anilines is 1. The predicted octanol–water partition coefficient (Wildman–Crippen LogP) is 3.74. The van der Waals surface area contributed by atoms with Crippen molar-refractivity contribution in [1.82, 2.24) is 15.6 Å². The Kier molecular flexibility index (Phi) is 7.93. The highest BCUT2D eigenvalue weighted by molar-refractivity contribution is 5.80. The topological polar surface area (TPSA) is 52.6 Å². The molecule has 2 N–H and O–H groups in total. The van der Waals surface area contributed by atoms with Crippen molar-refractivity contribution in [3.63, 3.8) is 0 Å². The highest BCUT2D eigenvalue weighted by atomic mass is 15.2. The van der Waals surface area contributed by atoms with Crippen LogP contribution in [-0.4, -0.2) is 30.6 Å². The van der Waals surface area contributed by atoms with E-state index in [1.54, 1.807) is 0 Å². The molecule has 1 unspecified atom stereocenters. The molecule has 1 atom stereocenters. The summed E-state index contributed by atoms with van der Waals surface area (Å²) in [7, 11) is 0. The molecule has 5 nitrogen and oxygen atoms in total. The number of hydrogen-bond donors (Lipinski definition) is 2. The summed E-state index contributed by atoms with van der Waals surface area (Å²) >= 11 is 0. The number of benzene rings is 1. The third kappa shape index (κ3) is 5.76. The number of hydrogen-bond acceptors (Lipinski definition) is 3. The van der Waals surface area contributed by atoms with Gasteiger partial charge in [-0.25, -0.2) is 9.98 Å². The standard InChI is InChI=1S/C21H31N5/c1-5-22-21(25-17(4)19-11-9-8-10-12-19)24-16-18-13-14-20(23-15-18)26(6-2)7-3/h8-15,17H,5-7,16H2,1-4H3,(H2,22,24,25). The minimum absolute atomic E-state index is 0.192. The molecule has 26 heavy (non-hydrogen) atoms. The molecule has 5 heteroatoms. The molecule has 1 aromatic carbocycles. The highest BCUT2D eigenvalue weighted by Gasteiger charge is 2.07. The lowest BCUT2D eigenvalue weighted by Gasteiger charge is -2.20. The Labute approximate surface area is 157 Å². The van der Waals surface area contributed by atoms with E-state index in [-0.39, 0.29) is 6.04 Å². The van der Waals surface area contributed by atoms with Crippen LogP contribution < -0.4 is 15.5 Å². The van der Waals surface area contributed by atoms with Crippen LogP contribution in [0.5, 0.6) is 0 Å². The average Bonchev–Trinajstić information content (AvgIpc) is 2.69. The largest absolute Gasteiger partial charge is 0.357 e. The summed E-state index contributed by atoms with van der Waals surface area (Å²) < 4.78 is 0. The van der Waals surface area contributed by atoms with Gasteiger partial charge < -0.3 is 15.5 Å². The quantitative estimate of drug-likeness (QED) is 0.561. The fraction of sp³-hybridized carbons (Fsp3) is 0.429. The van der Waals surface area contributed by atoms with Crippen LogP contribution in [-0.2, 0) is 6.54 Å². The van der Waals surface area contributed by atoms with E-state index in [2.05, 4.69) is 84.6 Å². The zero-order valence-corrected chi connectivity index (χ0v) is 16.4. The lowest BCUT2D eigenvalue weighted by Crippen LogP contribution is -2.38. The molecule has 0 amide bonds. The van der Waals surface area contributed by atoms with Gasteiger partial charge in [-0.15, -0.1) is 0 Å². The summed E-state index contributed by atoms with van der Waals surface area (Å²) in [4.78, 5) is 11.5. The Hall–Kier alpha value is -2.56. The molecule has 2 rings (SSSR count). The van der Waals surface area contributed by atoms with E-state index in [1.807, 2.05) is 12.3 Å². The number of guanidine groups is 1. The second-order valence-corrected chi connectivity index (χ2v) is 6.17. The fourth-order valence-corrected chi connectivity index (χ4v) is 2.77. The van der Waals surface area contributed by atoms with Crippen molar-refractivity contribution in [3.8, 4) is 0 Å². The van der Waals surface area contributed by atoms with Gasteiger partial charge in [0.25, 0.3) is 0 Å². The van der Waals surface area contributed by atoms with Gasteiger partial charge in [-0.3, -0.25) is 0 Å². The molecule has 1 aromatic heterocycles. The van der Waals surface area contributed by atoms with Gasteiger partial charge in [0.05, 0.1) is 12.6 Å². The molecule has 0 saturated carbocycles. The fourth-order valence-electron chi connectivity index (χ4n) is 2.77. The molecule has 0 aliphatic heterocycles. The molecule has 0 aliphatic carbocycles. The molecule has 2 aromatic rings. The molecule has 140 valence electrons. The van der Waals surface area contributed by atoms with Crippen molar-refractivity contribution < 1.29 is 0 Å². The third-order valence-corrected chi connectivity index (χ3v) is 4.31. The van der Waals surface area contributed by atoms with Crippen LogP contribution in [0, 0.1) is 0 Å². The molecular formula is C21H31N5. The Morgan fingerprint density at radius 2 is 1.81 bits per heavy atom. The van der Waals surface area contributed by atoms with Crippen LogP contribution in [0.4, 0.5) is 5.82 Å². The van der Waals surface area contributed by atoms with Crippen molar-refractivity contribution >= 4 is 11.8 Å². The summed E-state index contributed by atoms with van der Waals surface area (Å²) in [6, 6.07) is 14.8. The van der Waals surface area contributed by atoms with E-state index in [0.717, 1.165) is 37.0 Å². The van der Waals surface area contributed by atoms with Crippen LogP contribution in [0.3, 0.4) is 0 Å². The van der Waals surface area contributed by atoms with Crippen molar-refractivity contribution in [2.75, 3.05) is 24.5 Å². The second kappa shape index (κ2) is 10.4. The maximum absolute atomic E-state index is 4.70. The van der Waals surface area contributed by atoms with Crippen LogP contribution in [0.15, 0.2) is 53.7 Å². The monoisotopic (exact) mass is 353 g/mol. The minimum Gasteiger partial charge on any atom is -0.357 e. The van der Waals surface area contributed by atoms with Crippen molar-refractivity contribution in [1.29, 1.82) is 0 Å². The summed E-state index contributed by atoms with van der Waals surface area (Å²) in [6.45, 7) is 11.9. The van der Waals surface area contributed by atoms with E-state index in [4.69, 9.17) is 4.99 Å². The van der Waals surface area contributed by atoms with Crippen molar-refractivity contribution in [2.24, 2.45) is 4.99 Å². The summed E-state index contributed by atoms with van der Waals surface area (Å²) in [5.74, 6) is 1.84. The smallest absolute Gasteiger partial charge is 0.192 e. The van der Waals surface area contributed by atoms with Gasteiger partial charge in [-0.05, 0) is 44.9 Å². The third-order valence-electron chi connectivity index (χ3n) is 4.31. The zero-order valence-electron chi connectivity index (χ0n) is 16.4. The van der Waals surface area contributed by atoms with E-state index in [1.165, 1.54) is 5.56 Å². The number of pyridine rings is 1. The van der Waals surface area contributed by atoms with Gasteiger partial charge in [-0.1, -0.05) is 36.4 Å². The van der Waals surface area contributed by atoms with Crippen molar-refractivity contribution in [3.05, 3.63) is 59.8 Å². The first-order valence-corrected chi connectivity index (χ1v) is 9.47. The van der Waals surface area contributed by atoms with Crippen LogP contribution >= 0.6 is 0 Å². The molecule has 0 spiro atoms. The van der Waals surface area contributed by atoms with E-state index < -0.39 is 0 Å². The molecule has 0 saturated heterocycles. The van der Waals surface area contributed by atoms with Gasteiger partial charge in [-0.2, -0.15) is 0 Å². The first kappa shape index (κ1) is 19.8. The lowest BCUT2D eigenvalue weighted by molar-refractivity contribution is 0.686. The Morgan fingerprint density at radius 1 is 1.08 bits per heavy atom.